The molecule has 21 heavy (non-hydrogen) atoms. The van der Waals surface area contributed by atoms with Crippen LogP contribution >= 0.6 is 11.6 Å². The number of carbonyl (C=O) groups excluding carboxylic acids is 1. The second kappa shape index (κ2) is 6.77. The number of halogens is 1. The molecule has 4 nitrogen and oxygen atoms in total. The van der Waals surface area contributed by atoms with Gasteiger partial charge in [0.2, 0.25) is 5.91 Å². The first kappa shape index (κ1) is 14.8. The highest BCUT2D eigenvalue weighted by molar-refractivity contribution is 6.31. The standard InChI is InChI=1S/C16H20ClNO3/c17-13-4-2-1-3-11(13)9-16(19)18-12-5-6-14-15(10-12)21-8-7-20-14/h1-4,12,14-15H,5-10H2,(H,18,19)/t12-,14+,15-/m1/s1. The number of hydrogen-bond acceptors (Lipinski definition) is 3. The first-order valence-electron chi connectivity index (χ1n) is 7.48. The van der Waals surface area contributed by atoms with E-state index in [-0.39, 0.29) is 24.2 Å². The van der Waals surface area contributed by atoms with Crippen molar-refractivity contribution >= 4 is 17.5 Å². The van der Waals surface area contributed by atoms with E-state index in [4.69, 9.17) is 21.1 Å². The summed E-state index contributed by atoms with van der Waals surface area (Å²) in [4.78, 5) is 12.2. The Morgan fingerprint density at radius 1 is 1.19 bits per heavy atom. The molecule has 1 aromatic rings. The largest absolute Gasteiger partial charge is 0.373 e. The Bertz CT molecular complexity index is 508. The minimum atomic E-state index is 0.0169. The minimum Gasteiger partial charge on any atom is -0.373 e. The Balaban J connectivity index is 1.52. The number of rotatable bonds is 3. The van der Waals surface area contributed by atoms with Crippen molar-refractivity contribution in [1.82, 2.24) is 5.32 Å². The van der Waals surface area contributed by atoms with E-state index in [1.54, 1.807) is 0 Å². The lowest BCUT2D eigenvalue weighted by Gasteiger charge is -2.39. The SMILES string of the molecule is O=C(Cc1ccccc1Cl)N[C@@H]1CC[C@@H]2OCCO[C@@H]2C1. The van der Waals surface area contributed by atoms with Crippen molar-refractivity contribution in [2.45, 2.75) is 43.9 Å². The van der Waals surface area contributed by atoms with Crippen molar-refractivity contribution in [3.8, 4) is 0 Å². The fraction of sp³-hybridized carbons (Fsp3) is 0.562. The molecule has 1 aliphatic carbocycles. The monoisotopic (exact) mass is 309 g/mol. The third-order valence-electron chi connectivity index (χ3n) is 4.15. The van der Waals surface area contributed by atoms with Crippen molar-refractivity contribution in [3.05, 3.63) is 34.9 Å². The maximum Gasteiger partial charge on any atom is 0.224 e. The molecule has 0 unspecified atom stereocenters. The lowest BCUT2D eigenvalue weighted by atomic mass is 9.89. The van der Waals surface area contributed by atoms with Crippen LogP contribution in [0.4, 0.5) is 0 Å². The van der Waals surface area contributed by atoms with E-state index in [0.29, 0.717) is 24.7 Å². The predicted octanol–water partition coefficient (Wildman–Crippen LogP) is 2.34. The average Bonchev–Trinajstić information content (AvgIpc) is 2.49. The molecular formula is C16H20ClNO3. The maximum absolute atomic E-state index is 12.2. The van der Waals surface area contributed by atoms with Gasteiger partial charge in [-0.2, -0.15) is 0 Å². The van der Waals surface area contributed by atoms with Gasteiger partial charge in [0.05, 0.1) is 31.8 Å². The summed E-state index contributed by atoms with van der Waals surface area (Å²) < 4.78 is 11.4. The van der Waals surface area contributed by atoms with E-state index in [9.17, 15) is 4.79 Å². The molecule has 1 aliphatic heterocycles. The maximum atomic E-state index is 12.2. The molecule has 0 spiro atoms. The van der Waals surface area contributed by atoms with E-state index in [1.807, 2.05) is 24.3 Å². The summed E-state index contributed by atoms with van der Waals surface area (Å²) in [5.74, 6) is 0.0169. The molecule has 1 saturated heterocycles. The summed E-state index contributed by atoms with van der Waals surface area (Å²) in [6.07, 6.45) is 3.37. The Hall–Kier alpha value is -1.10. The smallest absolute Gasteiger partial charge is 0.224 e. The molecule has 3 rings (SSSR count). The molecule has 2 aliphatic rings. The summed E-state index contributed by atoms with van der Waals surface area (Å²) in [6, 6.07) is 7.63. The van der Waals surface area contributed by atoms with Crippen molar-refractivity contribution in [2.24, 2.45) is 0 Å². The summed E-state index contributed by atoms with van der Waals surface area (Å²) >= 11 is 6.09. The number of hydrogen-bond donors (Lipinski definition) is 1. The van der Waals surface area contributed by atoms with Gasteiger partial charge in [-0.15, -0.1) is 0 Å². The van der Waals surface area contributed by atoms with Gasteiger partial charge in [-0.25, -0.2) is 0 Å². The van der Waals surface area contributed by atoms with Crippen molar-refractivity contribution in [3.63, 3.8) is 0 Å². The van der Waals surface area contributed by atoms with Gasteiger partial charge in [0.1, 0.15) is 0 Å². The molecule has 0 aromatic heterocycles. The van der Waals surface area contributed by atoms with Crippen LogP contribution in [0.25, 0.3) is 0 Å². The van der Waals surface area contributed by atoms with Crippen molar-refractivity contribution in [2.75, 3.05) is 13.2 Å². The predicted molar refractivity (Wildman–Crippen MR) is 80.4 cm³/mol. The average molecular weight is 310 g/mol. The van der Waals surface area contributed by atoms with E-state index in [2.05, 4.69) is 5.32 Å². The van der Waals surface area contributed by atoms with Crippen molar-refractivity contribution < 1.29 is 14.3 Å². The second-order valence-corrected chi connectivity index (χ2v) is 6.07. The lowest BCUT2D eigenvalue weighted by molar-refractivity contribution is -0.158. The van der Waals surface area contributed by atoms with Crippen LogP contribution in [0.1, 0.15) is 24.8 Å². The number of nitrogens with one attached hydrogen (secondary N) is 1. The van der Waals surface area contributed by atoms with Gasteiger partial charge < -0.3 is 14.8 Å². The normalized spacial score (nSPS) is 28.7. The molecule has 114 valence electrons. The Morgan fingerprint density at radius 2 is 1.95 bits per heavy atom. The van der Waals surface area contributed by atoms with Crippen LogP contribution in [0, 0.1) is 0 Å². The van der Waals surface area contributed by atoms with Crippen molar-refractivity contribution in [1.29, 1.82) is 0 Å². The quantitative estimate of drug-likeness (QED) is 0.932. The topological polar surface area (TPSA) is 47.6 Å². The van der Waals surface area contributed by atoms with E-state index in [1.165, 1.54) is 0 Å². The van der Waals surface area contributed by atoms with E-state index < -0.39 is 0 Å². The lowest BCUT2D eigenvalue weighted by Crippen LogP contribution is -2.49. The fourth-order valence-corrected chi connectivity index (χ4v) is 3.29. The molecule has 3 atom stereocenters. The molecule has 1 heterocycles. The van der Waals surface area contributed by atoms with Crippen LogP contribution in [0.5, 0.6) is 0 Å². The second-order valence-electron chi connectivity index (χ2n) is 5.66. The van der Waals surface area contributed by atoms with E-state index >= 15 is 0 Å². The molecule has 5 heteroatoms. The first-order chi connectivity index (χ1) is 10.2. The van der Waals surface area contributed by atoms with Crippen LogP contribution in [0.15, 0.2) is 24.3 Å². The highest BCUT2D eigenvalue weighted by Gasteiger charge is 2.34. The van der Waals surface area contributed by atoms with Crippen LogP contribution in [-0.4, -0.2) is 37.4 Å². The van der Waals surface area contributed by atoms with Crippen LogP contribution < -0.4 is 5.32 Å². The first-order valence-corrected chi connectivity index (χ1v) is 7.86. The molecular weight excluding hydrogens is 290 g/mol. The molecule has 2 fully saturated rings. The van der Waals surface area contributed by atoms with Gasteiger partial charge in [0.15, 0.2) is 0 Å². The zero-order valence-corrected chi connectivity index (χ0v) is 12.6. The molecule has 0 bridgehead atoms. The third kappa shape index (κ3) is 3.76. The number of amides is 1. The highest BCUT2D eigenvalue weighted by atomic mass is 35.5. The summed E-state index contributed by atoms with van der Waals surface area (Å²) in [5, 5.41) is 3.73. The van der Waals surface area contributed by atoms with Gasteiger partial charge in [-0.05, 0) is 30.9 Å². The molecule has 1 aromatic carbocycles. The Kier molecular flexibility index (Phi) is 4.78. The van der Waals surface area contributed by atoms with Gasteiger partial charge in [0, 0.05) is 11.1 Å². The van der Waals surface area contributed by atoms with Crippen LogP contribution in [-0.2, 0) is 20.7 Å². The Morgan fingerprint density at radius 3 is 2.76 bits per heavy atom. The van der Waals surface area contributed by atoms with Gasteiger partial charge in [-0.3, -0.25) is 4.79 Å². The van der Waals surface area contributed by atoms with Gasteiger partial charge in [-0.1, -0.05) is 29.8 Å². The molecule has 1 amide bonds. The Labute approximate surface area is 129 Å². The fourth-order valence-electron chi connectivity index (χ4n) is 3.09. The van der Waals surface area contributed by atoms with Crippen LogP contribution in [0.2, 0.25) is 5.02 Å². The van der Waals surface area contributed by atoms with Crippen LogP contribution in [0.3, 0.4) is 0 Å². The molecule has 1 N–H and O–H groups in total. The van der Waals surface area contributed by atoms with E-state index in [0.717, 1.165) is 24.8 Å². The summed E-state index contributed by atoms with van der Waals surface area (Å²) in [6.45, 7) is 1.34. The van der Waals surface area contributed by atoms with Gasteiger partial charge in [0.25, 0.3) is 0 Å². The summed E-state index contributed by atoms with van der Waals surface area (Å²) in [5.41, 5.74) is 0.864. The zero-order chi connectivity index (χ0) is 14.7. The number of carbonyl (C=O) groups is 1. The number of ether oxygens (including phenoxy) is 2. The molecule has 1 saturated carbocycles. The van der Waals surface area contributed by atoms with Gasteiger partial charge >= 0.3 is 0 Å². The minimum absolute atomic E-state index is 0.0169. The number of fused-ring (bicyclic) bond motifs is 1. The zero-order valence-electron chi connectivity index (χ0n) is 11.9. The third-order valence-corrected chi connectivity index (χ3v) is 4.52. The highest BCUT2D eigenvalue weighted by Crippen LogP contribution is 2.27. The number of benzene rings is 1. The molecule has 0 radical (unpaired) electrons. The summed E-state index contributed by atoms with van der Waals surface area (Å²) in [7, 11) is 0.